The van der Waals surface area contributed by atoms with E-state index in [1.807, 2.05) is 0 Å². The van der Waals surface area contributed by atoms with Gasteiger partial charge >= 0.3 is 5.97 Å². The molecule has 1 rings (SSSR count). The molecule has 1 aromatic rings. The number of halogens is 2. The molecule has 19 heavy (non-hydrogen) atoms. The summed E-state index contributed by atoms with van der Waals surface area (Å²) in [6.07, 6.45) is 0.806. The zero-order valence-electron chi connectivity index (χ0n) is 10.5. The molecule has 0 amide bonds. The van der Waals surface area contributed by atoms with Crippen LogP contribution in [0.15, 0.2) is 12.1 Å². The Labute approximate surface area is 121 Å². The van der Waals surface area contributed by atoms with Crippen molar-refractivity contribution in [2.45, 2.75) is 6.42 Å². The molecule has 0 aromatic carbocycles. The fourth-order valence-electron chi connectivity index (χ4n) is 1.27. The molecule has 1 aromatic heterocycles. The molecule has 7 heteroatoms. The monoisotopic (exact) mass is 307 g/mol. The van der Waals surface area contributed by atoms with Gasteiger partial charge in [-0.2, -0.15) is 0 Å². The van der Waals surface area contributed by atoms with Crippen molar-refractivity contribution in [3.05, 3.63) is 28.0 Å². The highest BCUT2D eigenvalue weighted by molar-refractivity contribution is 6.32. The molecule has 0 bridgehead atoms. The molecule has 0 radical (unpaired) electrons. The Balaban J connectivity index is 2.24. The molecule has 0 unspecified atom stereocenters. The van der Waals surface area contributed by atoms with Gasteiger partial charge < -0.3 is 14.2 Å². The fourth-order valence-corrected chi connectivity index (χ4v) is 1.73. The third-order valence-electron chi connectivity index (χ3n) is 2.10. The molecule has 0 fully saturated rings. The van der Waals surface area contributed by atoms with Crippen LogP contribution in [-0.2, 0) is 14.2 Å². The molecule has 0 N–H and O–H groups in total. The molecule has 0 aliphatic rings. The smallest absolute Gasteiger partial charge is 0.338 e. The van der Waals surface area contributed by atoms with Crippen molar-refractivity contribution in [2.75, 3.05) is 33.5 Å². The third-order valence-corrected chi connectivity index (χ3v) is 2.48. The summed E-state index contributed by atoms with van der Waals surface area (Å²) < 4.78 is 15.1. The Hall–Kier alpha value is -0.880. The highest BCUT2D eigenvalue weighted by Gasteiger charge is 2.09. The van der Waals surface area contributed by atoms with Gasteiger partial charge in [-0.3, -0.25) is 0 Å². The van der Waals surface area contributed by atoms with Crippen LogP contribution in [0.2, 0.25) is 10.3 Å². The number of hydrogen-bond acceptors (Lipinski definition) is 5. The standard InChI is InChI=1S/C12H15Cl2NO4/c1-17-3-2-4-18-5-6-19-12(16)9-7-10(13)15-11(14)8-9/h7-8H,2-6H2,1H3. The second-order valence-electron chi connectivity index (χ2n) is 3.60. The van der Waals surface area contributed by atoms with Crippen LogP contribution in [0.4, 0.5) is 0 Å². The molecule has 0 aliphatic heterocycles. The van der Waals surface area contributed by atoms with E-state index in [0.29, 0.717) is 19.8 Å². The minimum Gasteiger partial charge on any atom is -0.460 e. The topological polar surface area (TPSA) is 57.7 Å². The maximum absolute atomic E-state index is 11.6. The van der Waals surface area contributed by atoms with Crippen LogP contribution in [0, 0.1) is 0 Å². The number of esters is 1. The van der Waals surface area contributed by atoms with Gasteiger partial charge in [0.1, 0.15) is 16.9 Å². The summed E-state index contributed by atoms with van der Waals surface area (Å²) in [5.41, 5.74) is 0.268. The second kappa shape index (κ2) is 9.09. The molecule has 5 nitrogen and oxygen atoms in total. The highest BCUT2D eigenvalue weighted by Crippen LogP contribution is 2.15. The maximum atomic E-state index is 11.6. The molecule has 0 aliphatic carbocycles. The van der Waals surface area contributed by atoms with E-state index in [9.17, 15) is 4.79 Å². The summed E-state index contributed by atoms with van der Waals surface area (Å²) in [7, 11) is 1.63. The van der Waals surface area contributed by atoms with Gasteiger partial charge in [0, 0.05) is 20.3 Å². The lowest BCUT2D eigenvalue weighted by Gasteiger charge is -2.06. The van der Waals surface area contributed by atoms with E-state index < -0.39 is 5.97 Å². The molecular formula is C12H15Cl2NO4. The zero-order valence-corrected chi connectivity index (χ0v) is 12.0. The van der Waals surface area contributed by atoms with Crippen molar-refractivity contribution in [1.29, 1.82) is 0 Å². The Morgan fingerprint density at radius 2 is 1.84 bits per heavy atom. The van der Waals surface area contributed by atoms with Crippen molar-refractivity contribution in [3.8, 4) is 0 Å². The van der Waals surface area contributed by atoms with Crippen LogP contribution in [0.25, 0.3) is 0 Å². The highest BCUT2D eigenvalue weighted by atomic mass is 35.5. The van der Waals surface area contributed by atoms with Crippen LogP contribution >= 0.6 is 23.2 Å². The van der Waals surface area contributed by atoms with E-state index in [-0.39, 0.29) is 22.5 Å². The number of ether oxygens (including phenoxy) is 3. The van der Waals surface area contributed by atoms with Gasteiger partial charge in [0.25, 0.3) is 0 Å². The largest absolute Gasteiger partial charge is 0.460 e. The number of rotatable bonds is 8. The summed E-state index contributed by atoms with van der Waals surface area (Å²) in [5, 5.41) is 0.297. The molecular weight excluding hydrogens is 293 g/mol. The Kier molecular flexibility index (Phi) is 7.74. The number of carbonyl (C=O) groups is 1. The number of nitrogens with zero attached hydrogens (tertiary/aromatic N) is 1. The maximum Gasteiger partial charge on any atom is 0.338 e. The first kappa shape index (κ1) is 16.2. The van der Waals surface area contributed by atoms with Crippen LogP contribution in [0.5, 0.6) is 0 Å². The SMILES string of the molecule is COCCCOCCOC(=O)c1cc(Cl)nc(Cl)c1. The van der Waals surface area contributed by atoms with Gasteiger partial charge in [0.15, 0.2) is 0 Å². The molecule has 0 spiro atoms. The van der Waals surface area contributed by atoms with E-state index >= 15 is 0 Å². The third kappa shape index (κ3) is 6.73. The van der Waals surface area contributed by atoms with E-state index in [1.165, 1.54) is 12.1 Å². The number of pyridine rings is 1. The lowest BCUT2D eigenvalue weighted by atomic mass is 10.3. The van der Waals surface area contributed by atoms with E-state index in [0.717, 1.165) is 6.42 Å². The first-order valence-corrected chi connectivity index (χ1v) is 6.46. The second-order valence-corrected chi connectivity index (χ2v) is 4.37. The summed E-state index contributed by atoms with van der Waals surface area (Å²) in [4.78, 5) is 15.4. The van der Waals surface area contributed by atoms with Crippen molar-refractivity contribution in [3.63, 3.8) is 0 Å². The Bertz CT molecular complexity index is 394. The van der Waals surface area contributed by atoms with Crippen LogP contribution in [-0.4, -0.2) is 44.5 Å². The van der Waals surface area contributed by atoms with Crippen LogP contribution in [0.1, 0.15) is 16.8 Å². The minimum absolute atomic E-state index is 0.148. The number of hydrogen-bond donors (Lipinski definition) is 0. The first-order valence-electron chi connectivity index (χ1n) is 5.70. The zero-order chi connectivity index (χ0) is 14.1. The lowest BCUT2D eigenvalue weighted by Crippen LogP contribution is -2.12. The fraction of sp³-hybridized carbons (Fsp3) is 0.500. The van der Waals surface area contributed by atoms with Crippen LogP contribution < -0.4 is 0 Å². The number of methoxy groups -OCH3 is 1. The summed E-state index contributed by atoms with van der Waals surface area (Å²) >= 11 is 11.4. The molecule has 0 saturated heterocycles. The van der Waals surface area contributed by atoms with E-state index in [4.69, 9.17) is 37.4 Å². The summed E-state index contributed by atoms with van der Waals surface area (Å²) in [6, 6.07) is 2.80. The van der Waals surface area contributed by atoms with Crippen molar-refractivity contribution >= 4 is 29.2 Å². The first-order chi connectivity index (χ1) is 9.13. The summed E-state index contributed by atoms with van der Waals surface area (Å²) in [6.45, 7) is 1.72. The molecule has 0 saturated carbocycles. The molecule has 0 atom stereocenters. The normalized spacial score (nSPS) is 10.5. The predicted octanol–water partition coefficient (Wildman–Crippen LogP) is 2.60. The van der Waals surface area contributed by atoms with E-state index in [1.54, 1.807) is 7.11 Å². The van der Waals surface area contributed by atoms with Gasteiger partial charge in [-0.25, -0.2) is 9.78 Å². The minimum atomic E-state index is -0.508. The Morgan fingerprint density at radius 3 is 2.47 bits per heavy atom. The number of aromatic nitrogens is 1. The van der Waals surface area contributed by atoms with Crippen molar-refractivity contribution < 1.29 is 19.0 Å². The predicted molar refractivity (Wildman–Crippen MR) is 71.9 cm³/mol. The molecule has 1 heterocycles. The van der Waals surface area contributed by atoms with Crippen molar-refractivity contribution in [2.24, 2.45) is 0 Å². The van der Waals surface area contributed by atoms with Gasteiger partial charge in [-0.15, -0.1) is 0 Å². The van der Waals surface area contributed by atoms with Crippen molar-refractivity contribution in [1.82, 2.24) is 4.98 Å². The summed E-state index contributed by atoms with van der Waals surface area (Å²) in [5.74, 6) is -0.508. The molecule has 106 valence electrons. The average Bonchev–Trinajstić information content (AvgIpc) is 2.36. The number of carbonyl (C=O) groups excluding carboxylic acids is 1. The average molecular weight is 308 g/mol. The van der Waals surface area contributed by atoms with Crippen LogP contribution in [0.3, 0.4) is 0 Å². The lowest BCUT2D eigenvalue weighted by molar-refractivity contribution is 0.0288. The van der Waals surface area contributed by atoms with E-state index in [2.05, 4.69) is 4.98 Å². The Morgan fingerprint density at radius 1 is 1.16 bits per heavy atom. The quantitative estimate of drug-likeness (QED) is 0.420. The van der Waals surface area contributed by atoms with Gasteiger partial charge in [-0.1, -0.05) is 23.2 Å². The van der Waals surface area contributed by atoms with Gasteiger partial charge in [-0.05, 0) is 18.6 Å². The van der Waals surface area contributed by atoms with Gasteiger partial charge in [0.05, 0.1) is 12.2 Å². The van der Waals surface area contributed by atoms with Gasteiger partial charge in [0.2, 0.25) is 0 Å².